The molecule has 1 aromatic rings. The van der Waals surface area contributed by atoms with Crippen molar-refractivity contribution in [2.24, 2.45) is 11.8 Å². The molecule has 1 aliphatic carbocycles. The van der Waals surface area contributed by atoms with Crippen molar-refractivity contribution >= 4 is 40.7 Å². The first-order chi connectivity index (χ1) is 9.90. The molecule has 21 heavy (non-hydrogen) atoms. The van der Waals surface area contributed by atoms with Gasteiger partial charge in [-0.3, -0.25) is 9.59 Å². The summed E-state index contributed by atoms with van der Waals surface area (Å²) >= 11 is 11.9. The van der Waals surface area contributed by atoms with Crippen molar-refractivity contribution in [3.63, 3.8) is 0 Å². The molecule has 0 unspecified atom stereocenters. The summed E-state index contributed by atoms with van der Waals surface area (Å²) in [6.07, 6.45) is 1.33. The highest BCUT2D eigenvalue weighted by Crippen LogP contribution is 2.42. The zero-order valence-electron chi connectivity index (χ0n) is 11.8. The Hall–Kier alpha value is -1.32. The summed E-state index contributed by atoms with van der Waals surface area (Å²) in [6, 6.07) is 4.84. The van der Waals surface area contributed by atoms with Gasteiger partial charge in [-0.25, -0.2) is 4.90 Å². The van der Waals surface area contributed by atoms with E-state index in [9.17, 15) is 9.59 Å². The van der Waals surface area contributed by atoms with E-state index >= 15 is 0 Å². The molecule has 1 aromatic carbocycles. The second-order valence-corrected chi connectivity index (χ2v) is 6.61. The number of amides is 2. The van der Waals surface area contributed by atoms with Gasteiger partial charge in [0, 0.05) is 0 Å². The topological polar surface area (TPSA) is 37.4 Å². The Morgan fingerprint density at radius 3 is 1.95 bits per heavy atom. The highest BCUT2D eigenvalue weighted by molar-refractivity contribution is 6.42. The van der Waals surface area contributed by atoms with E-state index in [0.717, 1.165) is 0 Å². The summed E-state index contributed by atoms with van der Waals surface area (Å²) in [7, 11) is 0. The van der Waals surface area contributed by atoms with E-state index in [1.54, 1.807) is 18.2 Å². The summed E-state index contributed by atoms with van der Waals surface area (Å²) in [5.41, 5.74) is 2.94. The van der Waals surface area contributed by atoms with Gasteiger partial charge in [-0.2, -0.15) is 0 Å². The van der Waals surface area contributed by atoms with Crippen LogP contribution in [-0.2, 0) is 9.59 Å². The molecule has 1 saturated heterocycles. The molecule has 0 spiro atoms. The Bertz CT molecular complexity index is 649. The lowest BCUT2D eigenvalue weighted by molar-refractivity contribution is -0.122. The number of anilines is 1. The van der Waals surface area contributed by atoms with Crippen LogP contribution in [0.4, 0.5) is 5.69 Å². The SMILES string of the molecule is CC1=C(C)C[C@@H]2C(=O)N(c3ccc(Cl)c(Cl)c3)C(=O)[C@H]2C1. The average molecular weight is 324 g/mol. The van der Waals surface area contributed by atoms with E-state index < -0.39 is 0 Å². The molecule has 3 rings (SSSR count). The van der Waals surface area contributed by atoms with Gasteiger partial charge in [0.15, 0.2) is 0 Å². The number of imide groups is 1. The zero-order chi connectivity index (χ0) is 15.3. The van der Waals surface area contributed by atoms with Crippen LogP contribution in [0.1, 0.15) is 26.7 Å². The van der Waals surface area contributed by atoms with Gasteiger partial charge in [-0.1, -0.05) is 34.3 Å². The molecule has 2 aliphatic rings. The Balaban J connectivity index is 1.98. The van der Waals surface area contributed by atoms with Crippen molar-refractivity contribution in [3.8, 4) is 0 Å². The van der Waals surface area contributed by atoms with Crippen LogP contribution in [0.5, 0.6) is 0 Å². The summed E-state index contributed by atoms with van der Waals surface area (Å²) in [5, 5.41) is 0.750. The lowest BCUT2D eigenvalue weighted by Gasteiger charge is -2.23. The molecule has 1 heterocycles. The molecule has 0 N–H and O–H groups in total. The number of nitrogens with zero attached hydrogens (tertiary/aromatic N) is 1. The number of halogens is 2. The Kier molecular flexibility index (Phi) is 3.58. The van der Waals surface area contributed by atoms with Crippen LogP contribution in [-0.4, -0.2) is 11.8 Å². The summed E-state index contributed by atoms with van der Waals surface area (Å²) in [4.78, 5) is 26.5. The molecule has 0 aromatic heterocycles. The number of rotatable bonds is 1. The van der Waals surface area contributed by atoms with Gasteiger partial charge >= 0.3 is 0 Å². The van der Waals surface area contributed by atoms with E-state index in [-0.39, 0.29) is 23.7 Å². The van der Waals surface area contributed by atoms with E-state index in [1.165, 1.54) is 16.0 Å². The average Bonchev–Trinajstić information content (AvgIpc) is 2.66. The van der Waals surface area contributed by atoms with E-state index in [0.29, 0.717) is 28.6 Å². The third kappa shape index (κ3) is 2.29. The summed E-state index contributed by atoms with van der Waals surface area (Å²) < 4.78 is 0. The number of benzene rings is 1. The number of hydrogen-bond donors (Lipinski definition) is 0. The van der Waals surface area contributed by atoms with Gasteiger partial charge in [0.1, 0.15) is 0 Å². The Morgan fingerprint density at radius 2 is 1.48 bits per heavy atom. The predicted molar refractivity (Wildman–Crippen MR) is 83.5 cm³/mol. The number of carbonyl (C=O) groups excluding carboxylic acids is 2. The van der Waals surface area contributed by atoms with Gasteiger partial charge in [0.2, 0.25) is 11.8 Å². The van der Waals surface area contributed by atoms with E-state index in [2.05, 4.69) is 0 Å². The van der Waals surface area contributed by atoms with Crippen LogP contribution in [0, 0.1) is 11.8 Å². The predicted octanol–water partition coefficient (Wildman–Crippen LogP) is 4.23. The fraction of sp³-hybridized carbons (Fsp3) is 0.375. The van der Waals surface area contributed by atoms with Gasteiger partial charge in [0.05, 0.1) is 27.6 Å². The van der Waals surface area contributed by atoms with Crippen molar-refractivity contribution in [1.29, 1.82) is 0 Å². The molecular formula is C16H15Cl2NO2. The minimum atomic E-state index is -0.240. The van der Waals surface area contributed by atoms with Crippen LogP contribution in [0.15, 0.2) is 29.3 Å². The van der Waals surface area contributed by atoms with Crippen LogP contribution in [0.25, 0.3) is 0 Å². The maximum Gasteiger partial charge on any atom is 0.238 e. The van der Waals surface area contributed by atoms with Crippen LogP contribution >= 0.6 is 23.2 Å². The Labute approximate surface area is 133 Å². The third-order valence-electron chi connectivity index (χ3n) is 4.50. The van der Waals surface area contributed by atoms with Crippen LogP contribution in [0.2, 0.25) is 10.0 Å². The van der Waals surface area contributed by atoms with Crippen molar-refractivity contribution < 1.29 is 9.59 Å². The summed E-state index contributed by atoms with van der Waals surface area (Å²) in [5.74, 6) is -0.739. The van der Waals surface area contributed by atoms with Gasteiger partial charge in [-0.05, 0) is 44.9 Å². The molecule has 0 bridgehead atoms. The molecule has 2 amide bonds. The first kappa shape index (κ1) is 14.6. The van der Waals surface area contributed by atoms with E-state index in [1.807, 2.05) is 13.8 Å². The first-order valence-electron chi connectivity index (χ1n) is 6.88. The second kappa shape index (κ2) is 5.15. The quantitative estimate of drug-likeness (QED) is 0.573. The van der Waals surface area contributed by atoms with Crippen molar-refractivity contribution in [1.82, 2.24) is 0 Å². The highest BCUT2D eigenvalue weighted by atomic mass is 35.5. The molecule has 1 fully saturated rings. The largest absolute Gasteiger partial charge is 0.274 e. The number of carbonyl (C=O) groups is 2. The molecule has 110 valence electrons. The molecule has 2 atom stereocenters. The number of fused-ring (bicyclic) bond motifs is 1. The highest BCUT2D eigenvalue weighted by Gasteiger charge is 2.49. The first-order valence-corrected chi connectivity index (χ1v) is 7.64. The van der Waals surface area contributed by atoms with E-state index in [4.69, 9.17) is 23.2 Å². The standard InChI is InChI=1S/C16H15Cl2NO2/c1-8-5-11-12(6-9(8)2)16(21)19(15(11)20)10-3-4-13(17)14(18)7-10/h3-4,7,11-12H,5-6H2,1-2H3/t11-,12-/m0/s1. The lowest BCUT2D eigenvalue weighted by atomic mass is 9.78. The lowest BCUT2D eigenvalue weighted by Crippen LogP contribution is -2.30. The monoisotopic (exact) mass is 323 g/mol. The van der Waals surface area contributed by atoms with Crippen molar-refractivity contribution in [2.45, 2.75) is 26.7 Å². The number of allylic oxidation sites excluding steroid dienone is 2. The second-order valence-electron chi connectivity index (χ2n) is 5.79. The summed E-state index contributed by atoms with van der Waals surface area (Å²) in [6.45, 7) is 4.07. The van der Waals surface area contributed by atoms with Crippen molar-refractivity contribution in [3.05, 3.63) is 39.4 Å². The van der Waals surface area contributed by atoms with Crippen molar-refractivity contribution in [2.75, 3.05) is 4.90 Å². The van der Waals surface area contributed by atoms with Gasteiger partial charge in [0.25, 0.3) is 0 Å². The van der Waals surface area contributed by atoms with Gasteiger partial charge < -0.3 is 0 Å². The third-order valence-corrected chi connectivity index (χ3v) is 5.24. The maximum atomic E-state index is 12.6. The molecular weight excluding hydrogens is 309 g/mol. The van der Waals surface area contributed by atoms with Crippen LogP contribution in [0.3, 0.4) is 0 Å². The fourth-order valence-electron chi connectivity index (χ4n) is 3.13. The maximum absolute atomic E-state index is 12.6. The normalized spacial score (nSPS) is 25.6. The smallest absolute Gasteiger partial charge is 0.238 e. The minimum absolute atomic E-state index is 0.129. The Morgan fingerprint density at radius 1 is 0.952 bits per heavy atom. The molecule has 0 saturated carbocycles. The molecule has 1 aliphatic heterocycles. The van der Waals surface area contributed by atoms with Crippen LogP contribution < -0.4 is 4.90 Å². The number of hydrogen-bond acceptors (Lipinski definition) is 2. The molecule has 3 nitrogen and oxygen atoms in total. The molecule has 0 radical (unpaired) electrons. The minimum Gasteiger partial charge on any atom is -0.274 e. The fourth-order valence-corrected chi connectivity index (χ4v) is 3.42. The molecule has 5 heteroatoms. The van der Waals surface area contributed by atoms with Gasteiger partial charge in [-0.15, -0.1) is 0 Å². The zero-order valence-corrected chi connectivity index (χ0v) is 13.3.